The lowest BCUT2D eigenvalue weighted by molar-refractivity contribution is -0.111. The molecule has 1 N–H and O–H groups in total. The fraction of sp³-hybridized carbons (Fsp3) is 0.207. The summed E-state index contributed by atoms with van der Waals surface area (Å²) in [5.41, 5.74) is 5.65. The van der Waals surface area contributed by atoms with E-state index < -0.39 is 0 Å². The van der Waals surface area contributed by atoms with Gasteiger partial charge in [0.25, 0.3) is 0 Å². The van der Waals surface area contributed by atoms with Crippen molar-refractivity contribution in [1.29, 1.82) is 0 Å². The number of aromatic nitrogens is 3. The topological polar surface area (TPSA) is 72.3 Å². The maximum Gasteiger partial charge on any atom is 0.248 e. The average Bonchev–Trinajstić information content (AvgIpc) is 3.32. The monoisotopic (exact) mass is 479 g/mol. The van der Waals surface area contributed by atoms with Crippen LogP contribution in [0.25, 0.3) is 17.3 Å². The molecule has 1 aliphatic rings. The van der Waals surface area contributed by atoms with Gasteiger partial charge >= 0.3 is 0 Å². The van der Waals surface area contributed by atoms with Crippen molar-refractivity contribution in [2.24, 2.45) is 0 Å². The van der Waals surface area contributed by atoms with E-state index in [2.05, 4.69) is 33.4 Å². The predicted octanol–water partition coefficient (Wildman–Crippen LogP) is 4.48. The van der Waals surface area contributed by atoms with Gasteiger partial charge in [-0.2, -0.15) is 5.10 Å². The van der Waals surface area contributed by atoms with Gasteiger partial charge in [0.2, 0.25) is 5.91 Å². The van der Waals surface area contributed by atoms with Crippen LogP contribution >= 0.6 is 0 Å². The third-order valence-corrected chi connectivity index (χ3v) is 6.03. The largest absolute Gasteiger partial charge is 0.379 e. The molecule has 0 spiro atoms. The molecular formula is C29H29N5O2. The van der Waals surface area contributed by atoms with Gasteiger partial charge in [-0.15, -0.1) is 0 Å². The summed E-state index contributed by atoms with van der Waals surface area (Å²) in [6.45, 7) is 4.88. The first kappa shape index (κ1) is 23.7. The molecule has 4 aromatic rings. The summed E-state index contributed by atoms with van der Waals surface area (Å²) in [5.74, 6) is -0.188. The molecule has 3 heterocycles. The summed E-state index contributed by atoms with van der Waals surface area (Å²) in [6, 6.07) is 22.0. The average molecular weight is 480 g/mol. The van der Waals surface area contributed by atoms with Crippen LogP contribution in [-0.2, 0) is 22.6 Å². The second kappa shape index (κ2) is 11.6. The van der Waals surface area contributed by atoms with Crippen LogP contribution in [0.2, 0.25) is 0 Å². The van der Waals surface area contributed by atoms with Crippen LogP contribution in [0.3, 0.4) is 0 Å². The maximum absolute atomic E-state index is 12.8. The summed E-state index contributed by atoms with van der Waals surface area (Å²) in [4.78, 5) is 19.4. The zero-order chi connectivity index (χ0) is 24.6. The number of nitrogens with zero attached hydrogens (tertiary/aromatic N) is 4. The van der Waals surface area contributed by atoms with E-state index in [1.807, 2.05) is 65.5 Å². The van der Waals surface area contributed by atoms with Crippen molar-refractivity contribution >= 4 is 17.7 Å². The van der Waals surface area contributed by atoms with Gasteiger partial charge in [-0.1, -0.05) is 42.5 Å². The number of benzene rings is 2. The van der Waals surface area contributed by atoms with Crippen molar-refractivity contribution in [1.82, 2.24) is 19.7 Å². The highest BCUT2D eigenvalue weighted by molar-refractivity contribution is 6.02. The first-order valence-corrected chi connectivity index (χ1v) is 12.1. The Morgan fingerprint density at radius 2 is 1.81 bits per heavy atom. The summed E-state index contributed by atoms with van der Waals surface area (Å²) < 4.78 is 7.32. The highest BCUT2D eigenvalue weighted by Crippen LogP contribution is 2.23. The number of carbonyl (C=O) groups excluding carboxylic acids is 1. The maximum atomic E-state index is 12.8. The van der Waals surface area contributed by atoms with Crippen LogP contribution in [0.1, 0.15) is 16.7 Å². The molecule has 0 aliphatic carbocycles. The van der Waals surface area contributed by atoms with Crippen LogP contribution in [0, 0.1) is 0 Å². The second-order valence-electron chi connectivity index (χ2n) is 8.77. The van der Waals surface area contributed by atoms with E-state index >= 15 is 0 Å². The molecule has 36 heavy (non-hydrogen) atoms. The van der Waals surface area contributed by atoms with Crippen molar-refractivity contribution < 1.29 is 9.53 Å². The van der Waals surface area contributed by atoms with Gasteiger partial charge in [-0.25, -0.2) is 0 Å². The SMILES string of the molecule is O=C(/C=C/c1cn(Cc2ccccc2)nc1-c1cccnc1)Nc1cccc(CN2CCOCC2)c1. The zero-order valence-corrected chi connectivity index (χ0v) is 20.1. The molecule has 2 aromatic carbocycles. The van der Waals surface area contributed by atoms with Crippen molar-refractivity contribution in [2.75, 3.05) is 31.6 Å². The Kier molecular flexibility index (Phi) is 7.61. The van der Waals surface area contributed by atoms with Crippen LogP contribution in [0.4, 0.5) is 5.69 Å². The number of ether oxygens (including phenoxy) is 1. The highest BCUT2D eigenvalue weighted by Gasteiger charge is 2.12. The van der Waals surface area contributed by atoms with Crippen molar-refractivity contribution in [3.05, 3.63) is 108 Å². The molecule has 182 valence electrons. The van der Waals surface area contributed by atoms with E-state index in [0.717, 1.165) is 60.9 Å². The van der Waals surface area contributed by atoms with Crippen LogP contribution in [0.15, 0.2) is 91.4 Å². The number of pyridine rings is 1. The van der Waals surface area contributed by atoms with Gasteiger partial charge in [0, 0.05) is 61.1 Å². The molecule has 0 radical (unpaired) electrons. The normalized spacial score (nSPS) is 14.2. The molecule has 0 atom stereocenters. The predicted molar refractivity (Wildman–Crippen MR) is 141 cm³/mol. The summed E-state index contributed by atoms with van der Waals surface area (Å²) in [5, 5.41) is 7.77. The van der Waals surface area contributed by atoms with E-state index in [-0.39, 0.29) is 5.91 Å². The van der Waals surface area contributed by atoms with Gasteiger partial charge < -0.3 is 10.1 Å². The Labute approximate surface area is 211 Å². The number of carbonyl (C=O) groups is 1. The summed E-state index contributed by atoms with van der Waals surface area (Å²) >= 11 is 0. The minimum Gasteiger partial charge on any atom is -0.379 e. The van der Waals surface area contributed by atoms with E-state index in [9.17, 15) is 4.79 Å². The Balaban J connectivity index is 1.30. The minimum atomic E-state index is -0.188. The Bertz CT molecular complexity index is 1310. The Morgan fingerprint density at radius 1 is 0.972 bits per heavy atom. The molecule has 7 nitrogen and oxygen atoms in total. The van der Waals surface area contributed by atoms with E-state index in [0.29, 0.717) is 6.54 Å². The minimum absolute atomic E-state index is 0.188. The number of hydrogen-bond acceptors (Lipinski definition) is 5. The molecule has 0 unspecified atom stereocenters. The van der Waals surface area contributed by atoms with Crippen LogP contribution in [-0.4, -0.2) is 51.9 Å². The molecule has 0 bridgehead atoms. The number of hydrogen-bond donors (Lipinski definition) is 1. The molecule has 1 fully saturated rings. The van der Waals surface area contributed by atoms with E-state index in [1.54, 1.807) is 18.5 Å². The zero-order valence-electron chi connectivity index (χ0n) is 20.1. The molecule has 2 aromatic heterocycles. The van der Waals surface area contributed by atoms with Crippen molar-refractivity contribution in [3.63, 3.8) is 0 Å². The van der Waals surface area contributed by atoms with Crippen molar-refractivity contribution in [2.45, 2.75) is 13.1 Å². The van der Waals surface area contributed by atoms with Crippen LogP contribution in [0.5, 0.6) is 0 Å². The van der Waals surface area contributed by atoms with E-state index in [1.165, 1.54) is 5.56 Å². The molecule has 1 aliphatic heterocycles. The summed E-state index contributed by atoms with van der Waals surface area (Å²) in [6.07, 6.45) is 8.84. The highest BCUT2D eigenvalue weighted by atomic mass is 16.5. The van der Waals surface area contributed by atoms with E-state index in [4.69, 9.17) is 9.84 Å². The molecule has 0 saturated carbocycles. The Morgan fingerprint density at radius 3 is 2.61 bits per heavy atom. The van der Waals surface area contributed by atoms with Gasteiger partial charge in [0.15, 0.2) is 0 Å². The lowest BCUT2D eigenvalue weighted by atomic mass is 10.1. The third kappa shape index (κ3) is 6.33. The first-order chi connectivity index (χ1) is 17.7. The number of anilines is 1. The number of amides is 1. The van der Waals surface area contributed by atoms with Gasteiger partial charge in [-0.05, 0) is 41.5 Å². The van der Waals surface area contributed by atoms with Crippen molar-refractivity contribution in [3.8, 4) is 11.3 Å². The standard InChI is InChI=1S/C29H29N5O2/c35-28(31-27-10-4-8-24(18-27)20-33-14-16-36-17-15-33)12-11-26-22-34(21-23-6-2-1-3-7-23)32-29(26)25-9-5-13-30-19-25/h1-13,18-19,22H,14-17,20-21H2,(H,31,35)/b12-11+. The van der Waals surface area contributed by atoms with Crippen LogP contribution < -0.4 is 5.32 Å². The third-order valence-electron chi connectivity index (χ3n) is 6.03. The van der Waals surface area contributed by atoms with Gasteiger partial charge in [-0.3, -0.25) is 19.4 Å². The fourth-order valence-corrected chi connectivity index (χ4v) is 4.25. The smallest absolute Gasteiger partial charge is 0.248 e. The quantitative estimate of drug-likeness (QED) is 0.378. The number of morpholine rings is 1. The lowest BCUT2D eigenvalue weighted by Crippen LogP contribution is -2.35. The van der Waals surface area contributed by atoms with Gasteiger partial charge in [0.1, 0.15) is 5.69 Å². The molecular weight excluding hydrogens is 450 g/mol. The second-order valence-corrected chi connectivity index (χ2v) is 8.77. The first-order valence-electron chi connectivity index (χ1n) is 12.1. The number of rotatable bonds is 8. The number of nitrogens with one attached hydrogen (secondary N) is 1. The fourth-order valence-electron chi connectivity index (χ4n) is 4.25. The molecule has 5 rings (SSSR count). The molecule has 1 saturated heterocycles. The molecule has 7 heteroatoms. The lowest BCUT2D eigenvalue weighted by Gasteiger charge is -2.26. The summed E-state index contributed by atoms with van der Waals surface area (Å²) in [7, 11) is 0. The molecule has 1 amide bonds. The van der Waals surface area contributed by atoms with Gasteiger partial charge in [0.05, 0.1) is 19.8 Å². The Hall–Kier alpha value is -4.07.